The summed E-state index contributed by atoms with van der Waals surface area (Å²) < 4.78 is 11.3. The van der Waals surface area contributed by atoms with E-state index in [2.05, 4.69) is 24.1 Å². The van der Waals surface area contributed by atoms with Gasteiger partial charge in [0.2, 0.25) is 0 Å². The first-order chi connectivity index (χ1) is 11.9. The van der Waals surface area contributed by atoms with Gasteiger partial charge in [0.1, 0.15) is 6.29 Å². The standard InChI is InChI=1S/C18H36N2O5/c1-6-14(4)10-20(12-17(24-7-2)25-8-3)11-16(19-18(22)23)9-15(5)13-21/h13-17,19H,6-12H2,1-5H3,(H,22,23). The molecule has 3 atom stereocenters. The van der Waals surface area contributed by atoms with E-state index in [9.17, 15) is 9.59 Å². The molecule has 0 aromatic rings. The van der Waals surface area contributed by atoms with E-state index in [1.54, 1.807) is 6.92 Å². The summed E-state index contributed by atoms with van der Waals surface area (Å²) in [5.74, 6) is 0.273. The summed E-state index contributed by atoms with van der Waals surface area (Å²) >= 11 is 0. The normalized spacial score (nSPS) is 15.2. The van der Waals surface area contributed by atoms with Gasteiger partial charge in [-0.3, -0.25) is 4.90 Å². The van der Waals surface area contributed by atoms with Crippen molar-refractivity contribution in [1.82, 2.24) is 10.2 Å². The summed E-state index contributed by atoms with van der Waals surface area (Å²) in [6.45, 7) is 13.0. The van der Waals surface area contributed by atoms with Crippen LogP contribution in [0.2, 0.25) is 0 Å². The Labute approximate surface area is 152 Å². The van der Waals surface area contributed by atoms with Gasteiger partial charge >= 0.3 is 6.09 Å². The lowest BCUT2D eigenvalue weighted by Gasteiger charge is -2.32. The van der Waals surface area contributed by atoms with Crippen LogP contribution in [0.3, 0.4) is 0 Å². The Hall–Kier alpha value is -1.18. The number of carbonyl (C=O) groups is 2. The van der Waals surface area contributed by atoms with E-state index in [1.807, 2.05) is 13.8 Å². The van der Waals surface area contributed by atoms with Gasteiger partial charge in [0, 0.05) is 44.8 Å². The molecule has 1 amide bonds. The topological polar surface area (TPSA) is 88.1 Å². The smallest absolute Gasteiger partial charge is 0.404 e. The zero-order valence-corrected chi connectivity index (χ0v) is 16.4. The molecule has 0 aliphatic carbocycles. The first-order valence-electron chi connectivity index (χ1n) is 9.26. The molecule has 0 aromatic heterocycles. The highest BCUT2D eigenvalue weighted by Crippen LogP contribution is 2.11. The lowest BCUT2D eigenvalue weighted by atomic mass is 10.0. The summed E-state index contributed by atoms with van der Waals surface area (Å²) in [4.78, 5) is 24.2. The molecule has 0 rings (SSSR count). The molecule has 0 aromatic carbocycles. The predicted octanol–water partition coefficient (Wildman–Crippen LogP) is 2.59. The van der Waals surface area contributed by atoms with Crippen LogP contribution in [0.15, 0.2) is 0 Å². The fraction of sp³-hybridized carbons (Fsp3) is 0.889. The van der Waals surface area contributed by atoms with E-state index >= 15 is 0 Å². The lowest BCUT2D eigenvalue weighted by molar-refractivity contribution is -0.148. The molecule has 0 heterocycles. The van der Waals surface area contributed by atoms with Gasteiger partial charge < -0.3 is 24.7 Å². The molecule has 0 spiro atoms. The third-order valence-electron chi connectivity index (χ3n) is 4.07. The first-order valence-corrected chi connectivity index (χ1v) is 9.26. The monoisotopic (exact) mass is 360 g/mol. The van der Waals surface area contributed by atoms with Crippen molar-refractivity contribution >= 4 is 12.4 Å². The molecule has 0 fully saturated rings. The summed E-state index contributed by atoms with van der Waals surface area (Å²) in [5.41, 5.74) is 0. The van der Waals surface area contributed by atoms with Crippen molar-refractivity contribution < 1.29 is 24.2 Å². The predicted molar refractivity (Wildman–Crippen MR) is 97.7 cm³/mol. The molecule has 0 aliphatic heterocycles. The van der Waals surface area contributed by atoms with Crippen LogP contribution in [0.5, 0.6) is 0 Å². The molecule has 0 saturated heterocycles. The number of amides is 1. The molecule has 7 nitrogen and oxygen atoms in total. The number of ether oxygens (including phenoxy) is 2. The summed E-state index contributed by atoms with van der Waals surface area (Å²) in [5, 5.41) is 11.6. The van der Waals surface area contributed by atoms with Crippen LogP contribution in [0.4, 0.5) is 4.79 Å². The Kier molecular flexibility index (Phi) is 13.4. The minimum absolute atomic E-state index is 0.197. The van der Waals surface area contributed by atoms with Gasteiger partial charge in [0.15, 0.2) is 6.29 Å². The third-order valence-corrected chi connectivity index (χ3v) is 4.07. The van der Waals surface area contributed by atoms with E-state index in [4.69, 9.17) is 14.6 Å². The molecule has 148 valence electrons. The van der Waals surface area contributed by atoms with Crippen molar-refractivity contribution in [2.45, 2.75) is 59.8 Å². The number of nitrogens with zero attached hydrogens (tertiary/aromatic N) is 1. The number of nitrogens with one attached hydrogen (secondary N) is 1. The highest BCUT2D eigenvalue weighted by molar-refractivity contribution is 5.65. The molecule has 0 bridgehead atoms. The van der Waals surface area contributed by atoms with Crippen LogP contribution in [-0.4, -0.2) is 67.6 Å². The summed E-state index contributed by atoms with van der Waals surface area (Å²) in [6, 6.07) is -0.314. The van der Waals surface area contributed by atoms with Crippen molar-refractivity contribution in [3.05, 3.63) is 0 Å². The van der Waals surface area contributed by atoms with Gasteiger partial charge in [-0.2, -0.15) is 0 Å². The number of hydrogen-bond donors (Lipinski definition) is 2. The minimum atomic E-state index is -1.07. The maximum Gasteiger partial charge on any atom is 0.404 e. The quantitative estimate of drug-likeness (QED) is 0.345. The minimum Gasteiger partial charge on any atom is -0.465 e. The van der Waals surface area contributed by atoms with E-state index < -0.39 is 6.09 Å². The number of aldehydes is 1. The summed E-state index contributed by atoms with van der Waals surface area (Å²) in [7, 11) is 0. The molecule has 25 heavy (non-hydrogen) atoms. The second kappa shape index (κ2) is 14.0. The Morgan fingerprint density at radius 2 is 1.72 bits per heavy atom. The second-order valence-electron chi connectivity index (χ2n) is 6.57. The molecule has 0 saturated carbocycles. The lowest BCUT2D eigenvalue weighted by Crippen LogP contribution is -2.48. The van der Waals surface area contributed by atoms with Gasteiger partial charge in [0.25, 0.3) is 0 Å². The SMILES string of the molecule is CCOC(CN(CC(C)CC)CC(CC(C)C=O)NC(=O)O)OCC. The zero-order chi connectivity index (χ0) is 19.2. The van der Waals surface area contributed by atoms with Gasteiger partial charge in [-0.15, -0.1) is 0 Å². The Morgan fingerprint density at radius 1 is 1.12 bits per heavy atom. The largest absolute Gasteiger partial charge is 0.465 e. The maximum atomic E-state index is 11.1. The molecule has 3 unspecified atom stereocenters. The highest BCUT2D eigenvalue weighted by Gasteiger charge is 2.22. The Balaban J connectivity index is 5.04. The van der Waals surface area contributed by atoms with Crippen LogP contribution >= 0.6 is 0 Å². The highest BCUT2D eigenvalue weighted by atomic mass is 16.7. The van der Waals surface area contributed by atoms with E-state index in [0.717, 1.165) is 19.3 Å². The van der Waals surface area contributed by atoms with Crippen LogP contribution in [0.1, 0.15) is 47.5 Å². The third kappa shape index (κ3) is 11.9. The molecular weight excluding hydrogens is 324 g/mol. The van der Waals surface area contributed by atoms with Crippen LogP contribution in [-0.2, 0) is 14.3 Å². The fourth-order valence-corrected chi connectivity index (χ4v) is 2.70. The number of carbonyl (C=O) groups excluding carboxylic acids is 1. The number of rotatable bonds is 15. The van der Waals surface area contributed by atoms with Crippen molar-refractivity contribution in [2.24, 2.45) is 11.8 Å². The second-order valence-corrected chi connectivity index (χ2v) is 6.57. The molecule has 2 N–H and O–H groups in total. The van der Waals surface area contributed by atoms with Crippen molar-refractivity contribution in [1.29, 1.82) is 0 Å². The van der Waals surface area contributed by atoms with Gasteiger partial charge in [-0.05, 0) is 26.2 Å². The van der Waals surface area contributed by atoms with Crippen molar-refractivity contribution in [3.63, 3.8) is 0 Å². The van der Waals surface area contributed by atoms with Crippen LogP contribution in [0, 0.1) is 11.8 Å². The fourth-order valence-electron chi connectivity index (χ4n) is 2.70. The van der Waals surface area contributed by atoms with E-state index in [0.29, 0.717) is 38.6 Å². The molecule has 7 heteroatoms. The molecule has 0 aliphatic rings. The van der Waals surface area contributed by atoms with Crippen molar-refractivity contribution in [2.75, 3.05) is 32.8 Å². The Morgan fingerprint density at radius 3 is 2.16 bits per heavy atom. The van der Waals surface area contributed by atoms with Crippen molar-refractivity contribution in [3.8, 4) is 0 Å². The maximum absolute atomic E-state index is 11.1. The Bertz CT molecular complexity index is 361. The van der Waals surface area contributed by atoms with Crippen LogP contribution < -0.4 is 5.32 Å². The summed E-state index contributed by atoms with van der Waals surface area (Å²) in [6.07, 6.45) is 0.955. The average molecular weight is 360 g/mol. The number of carboxylic acid groups (broad SMARTS) is 1. The number of hydrogen-bond acceptors (Lipinski definition) is 5. The van der Waals surface area contributed by atoms with Gasteiger partial charge in [-0.25, -0.2) is 4.79 Å². The first kappa shape index (κ1) is 23.8. The van der Waals surface area contributed by atoms with Gasteiger partial charge in [0.05, 0.1) is 0 Å². The van der Waals surface area contributed by atoms with E-state index in [-0.39, 0.29) is 18.2 Å². The molecule has 0 radical (unpaired) electrons. The van der Waals surface area contributed by atoms with Gasteiger partial charge in [-0.1, -0.05) is 27.2 Å². The van der Waals surface area contributed by atoms with E-state index in [1.165, 1.54) is 0 Å². The average Bonchev–Trinajstić information content (AvgIpc) is 2.54. The zero-order valence-electron chi connectivity index (χ0n) is 16.4. The molecular formula is C18H36N2O5. The van der Waals surface area contributed by atoms with Crippen LogP contribution in [0.25, 0.3) is 0 Å².